The van der Waals surface area contributed by atoms with Crippen molar-refractivity contribution in [1.82, 2.24) is 19.7 Å². The predicted octanol–water partition coefficient (Wildman–Crippen LogP) is 5.80. The maximum Gasteiger partial charge on any atom is 0.420 e. The van der Waals surface area contributed by atoms with E-state index >= 15 is 0 Å². The highest BCUT2D eigenvalue weighted by atomic mass is 19.4. The van der Waals surface area contributed by atoms with Crippen molar-refractivity contribution in [3.05, 3.63) is 77.9 Å². The number of aryl methyl sites for hydroxylation is 1. The first-order chi connectivity index (χ1) is 17.7. The molecular weight excluding hydrogens is 492 g/mol. The lowest BCUT2D eigenvalue weighted by atomic mass is 9.97. The Labute approximate surface area is 208 Å². The number of aliphatic hydroxyl groups excluding tert-OH is 1. The van der Waals surface area contributed by atoms with Crippen molar-refractivity contribution in [3.63, 3.8) is 0 Å². The van der Waals surface area contributed by atoms with Crippen LogP contribution in [0.4, 0.5) is 17.6 Å². The zero-order chi connectivity index (χ0) is 26.3. The van der Waals surface area contributed by atoms with Crippen LogP contribution < -0.4 is 0 Å². The highest BCUT2D eigenvalue weighted by Gasteiger charge is 2.36. The molecule has 2 heterocycles. The number of ether oxygens (including phenoxy) is 1. The minimum Gasteiger partial charge on any atom is -0.435 e. The molecular formula is C26H20F4N4O3. The Morgan fingerprint density at radius 2 is 1.84 bits per heavy atom. The predicted molar refractivity (Wildman–Crippen MR) is 127 cm³/mol. The van der Waals surface area contributed by atoms with Crippen LogP contribution in [0.2, 0.25) is 0 Å². The Hall–Kier alpha value is -4.09. The van der Waals surface area contributed by atoms with Crippen LogP contribution in [0, 0.1) is 5.82 Å². The molecule has 1 N–H and O–H groups in total. The molecule has 0 spiro atoms. The first-order valence-corrected chi connectivity index (χ1v) is 11.1. The highest BCUT2D eigenvalue weighted by molar-refractivity contribution is 5.84. The molecule has 0 saturated carbocycles. The molecule has 0 aliphatic heterocycles. The minimum atomic E-state index is -4.72. The second-order valence-electron chi connectivity index (χ2n) is 8.38. The minimum absolute atomic E-state index is 0.0257. The van der Waals surface area contributed by atoms with Crippen molar-refractivity contribution >= 4 is 11.1 Å². The Balaban J connectivity index is 1.65. The van der Waals surface area contributed by atoms with E-state index in [1.165, 1.54) is 31.6 Å². The number of aliphatic hydroxyl groups is 1. The van der Waals surface area contributed by atoms with Gasteiger partial charge in [0.1, 0.15) is 29.3 Å². The second-order valence-corrected chi connectivity index (χ2v) is 8.38. The number of aromatic nitrogens is 4. The van der Waals surface area contributed by atoms with Crippen molar-refractivity contribution in [1.29, 1.82) is 0 Å². The Morgan fingerprint density at radius 3 is 2.51 bits per heavy atom. The molecule has 37 heavy (non-hydrogen) atoms. The summed E-state index contributed by atoms with van der Waals surface area (Å²) in [6.45, 7) is -0.502. The Bertz CT molecular complexity index is 1590. The smallest absolute Gasteiger partial charge is 0.420 e. The van der Waals surface area contributed by atoms with Crippen molar-refractivity contribution in [3.8, 4) is 34.0 Å². The third-order valence-corrected chi connectivity index (χ3v) is 5.99. The molecule has 0 unspecified atom stereocenters. The fraction of sp³-hybridized carbons (Fsp3) is 0.192. The van der Waals surface area contributed by atoms with E-state index in [4.69, 9.17) is 9.15 Å². The molecule has 0 amide bonds. The average Bonchev–Trinajstić information content (AvgIpc) is 3.50. The fourth-order valence-electron chi connectivity index (χ4n) is 4.19. The number of alkyl halides is 3. The van der Waals surface area contributed by atoms with E-state index in [1.807, 2.05) is 0 Å². The summed E-state index contributed by atoms with van der Waals surface area (Å²) >= 11 is 0. The molecule has 2 aromatic heterocycles. The molecule has 1 atom stereocenters. The lowest BCUT2D eigenvalue weighted by Crippen LogP contribution is -2.10. The number of oxazole rings is 1. The topological polar surface area (TPSA) is 86.2 Å². The molecule has 0 bridgehead atoms. The van der Waals surface area contributed by atoms with Gasteiger partial charge in [-0.2, -0.15) is 13.2 Å². The van der Waals surface area contributed by atoms with Gasteiger partial charge in [0.25, 0.3) is 0 Å². The largest absolute Gasteiger partial charge is 0.435 e. The van der Waals surface area contributed by atoms with E-state index in [2.05, 4.69) is 15.2 Å². The van der Waals surface area contributed by atoms with Crippen LogP contribution in [-0.4, -0.2) is 38.6 Å². The van der Waals surface area contributed by atoms with Crippen LogP contribution in [0.15, 0.2) is 65.3 Å². The third-order valence-electron chi connectivity index (χ3n) is 5.99. The molecule has 0 radical (unpaired) electrons. The summed E-state index contributed by atoms with van der Waals surface area (Å²) in [5.41, 5.74) is 0.851. The molecule has 0 saturated heterocycles. The summed E-state index contributed by atoms with van der Waals surface area (Å²) in [7, 11) is 3.03. The lowest BCUT2D eigenvalue weighted by molar-refractivity contribution is -0.137. The number of hydrogen-bond acceptors (Lipinski definition) is 6. The molecule has 3 aromatic carbocycles. The average molecular weight is 512 g/mol. The van der Waals surface area contributed by atoms with E-state index < -0.39 is 35.9 Å². The van der Waals surface area contributed by atoms with Gasteiger partial charge in [-0.05, 0) is 53.1 Å². The summed E-state index contributed by atoms with van der Waals surface area (Å²) in [5, 5.41) is 17.4. The molecule has 0 aliphatic carbocycles. The summed E-state index contributed by atoms with van der Waals surface area (Å²) in [5.74, 6) is -0.0370. The number of nitrogens with zero attached hydrogens (tertiary/aromatic N) is 4. The van der Waals surface area contributed by atoms with Gasteiger partial charge in [0.15, 0.2) is 11.4 Å². The molecule has 5 aromatic rings. The fourth-order valence-corrected chi connectivity index (χ4v) is 4.19. The maximum atomic E-state index is 14.1. The van der Waals surface area contributed by atoms with Crippen molar-refractivity contribution in [2.45, 2.75) is 12.3 Å². The Morgan fingerprint density at radius 1 is 1.05 bits per heavy atom. The van der Waals surface area contributed by atoms with Gasteiger partial charge >= 0.3 is 6.18 Å². The van der Waals surface area contributed by atoms with Crippen molar-refractivity contribution < 1.29 is 31.8 Å². The lowest BCUT2D eigenvalue weighted by Gasteiger charge is -2.15. The van der Waals surface area contributed by atoms with Gasteiger partial charge in [-0.15, -0.1) is 10.2 Å². The van der Waals surface area contributed by atoms with E-state index in [0.29, 0.717) is 28.1 Å². The van der Waals surface area contributed by atoms with E-state index in [0.717, 1.165) is 6.07 Å². The summed E-state index contributed by atoms with van der Waals surface area (Å²) in [4.78, 5) is 4.31. The van der Waals surface area contributed by atoms with E-state index in [-0.39, 0.29) is 17.0 Å². The van der Waals surface area contributed by atoms with Crippen LogP contribution in [0.25, 0.3) is 45.1 Å². The van der Waals surface area contributed by atoms with Gasteiger partial charge in [0.2, 0.25) is 5.89 Å². The standard InChI is InChI=1S/C26H20F4N4O3/c1-34-13-31-33-24(34)19-11-17(27)6-7-18(19)14-4-3-5-15(8-14)25-32-21-10-16(22(12-35)36-2)9-20(23(21)37-25)26(28,29)30/h3-11,13,22,35H,12H2,1-2H3/t22-/m0/s1. The molecule has 0 aliphatic rings. The molecule has 7 nitrogen and oxygen atoms in total. The monoisotopic (exact) mass is 512 g/mol. The molecule has 11 heteroatoms. The second kappa shape index (κ2) is 9.41. The van der Waals surface area contributed by atoms with Crippen LogP contribution in [0.5, 0.6) is 0 Å². The van der Waals surface area contributed by atoms with Crippen LogP contribution in [0.1, 0.15) is 17.2 Å². The van der Waals surface area contributed by atoms with Gasteiger partial charge in [0, 0.05) is 25.3 Å². The number of methoxy groups -OCH3 is 1. The first kappa shape index (κ1) is 24.6. The maximum absolute atomic E-state index is 14.1. The van der Waals surface area contributed by atoms with Gasteiger partial charge in [-0.1, -0.05) is 18.2 Å². The SMILES string of the molecule is CO[C@@H](CO)c1cc(C(F)(F)F)c2oc(-c3cccc(-c4ccc(F)cc4-c4nncn4C)c3)nc2c1. The van der Waals surface area contributed by atoms with Crippen molar-refractivity contribution in [2.75, 3.05) is 13.7 Å². The Kier molecular flexibility index (Phi) is 6.26. The number of hydrogen-bond donors (Lipinski definition) is 1. The molecule has 190 valence electrons. The van der Waals surface area contributed by atoms with Gasteiger partial charge in [0.05, 0.1) is 6.61 Å². The quantitative estimate of drug-likeness (QED) is 0.290. The van der Waals surface area contributed by atoms with E-state index in [1.54, 1.807) is 41.9 Å². The summed E-state index contributed by atoms with van der Waals surface area (Å²) < 4.78 is 68.1. The number of benzene rings is 3. The normalized spacial score (nSPS) is 12.8. The zero-order valence-corrected chi connectivity index (χ0v) is 19.6. The summed E-state index contributed by atoms with van der Waals surface area (Å²) in [6.07, 6.45) is -4.18. The first-order valence-electron chi connectivity index (χ1n) is 11.1. The molecule has 5 rings (SSSR count). The summed E-state index contributed by atoms with van der Waals surface area (Å²) in [6, 6.07) is 13.4. The van der Waals surface area contributed by atoms with E-state index in [9.17, 15) is 22.7 Å². The third kappa shape index (κ3) is 4.58. The van der Waals surface area contributed by atoms with Crippen molar-refractivity contribution in [2.24, 2.45) is 7.05 Å². The van der Waals surface area contributed by atoms with Crippen LogP contribution in [-0.2, 0) is 18.0 Å². The number of rotatable bonds is 6. The number of halogens is 4. The van der Waals surface area contributed by atoms with Gasteiger partial charge in [-0.3, -0.25) is 0 Å². The van der Waals surface area contributed by atoms with Gasteiger partial charge < -0.3 is 18.8 Å². The highest BCUT2D eigenvalue weighted by Crippen LogP contribution is 2.40. The molecule has 0 fully saturated rings. The van der Waals surface area contributed by atoms with Crippen LogP contribution >= 0.6 is 0 Å². The van der Waals surface area contributed by atoms with Crippen LogP contribution in [0.3, 0.4) is 0 Å². The number of fused-ring (bicyclic) bond motifs is 1. The van der Waals surface area contributed by atoms with Gasteiger partial charge in [-0.25, -0.2) is 9.37 Å². The zero-order valence-electron chi connectivity index (χ0n) is 19.6.